The Balaban J connectivity index is 1.19. The molecule has 2 heterocycles. The van der Waals surface area contributed by atoms with Crippen molar-refractivity contribution >= 4 is 26.1 Å². The van der Waals surface area contributed by atoms with Crippen LogP contribution in [0.15, 0.2) is 72.9 Å². The molecule has 0 aromatic heterocycles. The van der Waals surface area contributed by atoms with Crippen LogP contribution in [0.25, 0.3) is 0 Å². The number of carbonyl (C=O) groups excluding carboxylic acids is 2. The second-order valence-electron chi connectivity index (χ2n) is 10.0. The van der Waals surface area contributed by atoms with Gasteiger partial charge in [-0.1, -0.05) is 54.7 Å². The van der Waals surface area contributed by atoms with Crippen molar-refractivity contribution in [1.29, 1.82) is 0 Å². The fraction of sp³-hybridized carbons (Fsp3) is 0.385. The SMILES string of the molecule is O=C(NC1(CO)COB(C2C=CC=C2)OC1)c1cccc(C(=O)NC2(CO)COB(C3C=CC=C3)OC2)c1. The van der Waals surface area contributed by atoms with Gasteiger partial charge in [0.05, 0.1) is 39.6 Å². The summed E-state index contributed by atoms with van der Waals surface area (Å²) < 4.78 is 23.2. The molecule has 2 aliphatic carbocycles. The van der Waals surface area contributed by atoms with Crippen molar-refractivity contribution in [3.05, 3.63) is 84.0 Å². The summed E-state index contributed by atoms with van der Waals surface area (Å²) in [5.41, 5.74) is -1.78. The molecule has 0 spiro atoms. The number of amides is 2. The van der Waals surface area contributed by atoms with Gasteiger partial charge in [-0.2, -0.15) is 0 Å². The Kier molecular flexibility index (Phi) is 7.98. The smallest absolute Gasteiger partial charge is 0.408 e. The predicted molar refractivity (Wildman–Crippen MR) is 140 cm³/mol. The molecule has 10 nitrogen and oxygen atoms in total. The van der Waals surface area contributed by atoms with Gasteiger partial charge in [0, 0.05) is 22.8 Å². The summed E-state index contributed by atoms with van der Waals surface area (Å²) in [6.07, 6.45) is 15.5. The van der Waals surface area contributed by atoms with Crippen LogP contribution in [0.3, 0.4) is 0 Å². The van der Waals surface area contributed by atoms with Crippen LogP contribution < -0.4 is 10.6 Å². The lowest BCUT2D eigenvalue weighted by atomic mass is 9.71. The van der Waals surface area contributed by atoms with Crippen LogP contribution in [0.1, 0.15) is 20.7 Å². The largest absolute Gasteiger partial charge is 0.468 e. The van der Waals surface area contributed by atoms with Crippen LogP contribution in [-0.4, -0.2) is 87.0 Å². The maximum atomic E-state index is 13.1. The standard InChI is InChI=1S/C26H30B2N2O8/c31-13-25(15-35-27(36-16-25)21-8-1-2-9-21)29-23(33)19-6-5-7-20(12-19)24(34)30-26(14-32)17-37-28(38-18-26)22-10-3-4-11-22/h1-12,21-22,31-32H,13-18H2,(H,29,33)(H,30,34). The molecule has 2 saturated heterocycles. The van der Waals surface area contributed by atoms with Crippen LogP contribution in [0, 0.1) is 0 Å². The molecule has 0 atom stereocenters. The molecule has 12 heteroatoms. The number of carbonyl (C=O) groups is 2. The second kappa shape index (κ2) is 11.4. The van der Waals surface area contributed by atoms with E-state index in [1.807, 2.05) is 48.6 Å². The number of rotatable bonds is 8. The predicted octanol–water partition coefficient (Wildman–Crippen LogP) is 0.671. The van der Waals surface area contributed by atoms with Crippen LogP contribution in [-0.2, 0) is 18.6 Å². The van der Waals surface area contributed by atoms with Crippen molar-refractivity contribution in [3.8, 4) is 0 Å². The zero-order chi connectivity index (χ0) is 26.6. The molecular formula is C26H30B2N2O8. The lowest BCUT2D eigenvalue weighted by Crippen LogP contribution is -2.63. The molecule has 2 fully saturated rings. The third kappa shape index (κ3) is 5.70. The summed E-state index contributed by atoms with van der Waals surface area (Å²) >= 11 is 0. The van der Waals surface area contributed by atoms with Gasteiger partial charge in [-0.25, -0.2) is 0 Å². The lowest BCUT2D eigenvalue weighted by molar-refractivity contribution is 0.00329. The first-order chi connectivity index (χ1) is 18.4. The highest BCUT2D eigenvalue weighted by Crippen LogP contribution is 2.27. The molecule has 38 heavy (non-hydrogen) atoms. The lowest BCUT2D eigenvalue weighted by Gasteiger charge is -2.39. The minimum Gasteiger partial charge on any atom is -0.408 e. The van der Waals surface area contributed by atoms with Crippen molar-refractivity contribution in [2.45, 2.75) is 22.7 Å². The molecule has 0 unspecified atom stereocenters. The number of aliphatic hydroxyl groups excluding tert-OH is 2. The van der Waals surface area contributed by atoms with Gasteiger partial charge in [0.25, 0.3) is 11.8 Å². The molecule has 4 N–H and O–H groups in total. The van der Waals surface area contributed by atoms with Crippen LogP contribution in [0.4, 0.5) is 0 Å². The first kappa shape index (κ1) is 26.6. The van der Waals surface area contributed by atoms with Crippen LogP contribution in [0.5, 0.6) is 0 Å². The summed E-state index contributed by atoms with van der Waals surface area (Å²) in [5, 5.41) is 25.7. The molecule has 4 aliphatic rings. The Labute approximate surface area is 221 Å². The number of nitrogens with one attached hydrogen (secondary N) is 2. The summed E-state index contributed by atoms with van der Waals surface area (Å²) in [5.74, 6) is -0.993. The number of benzene rings is 1. The average Bonchev–Trinajstić information content (AvgIpc) is 3.69. The van der Waals surface area contributed by atoms with E-state index in [-0.39, 0.29) is 62.4 Å². The van der Waals surface area contributed by atoms with Crippen molar-refractivity contribution in [2.75, 3.05) is 39.6 Å². The van der Waals surface area contributed by atoms with E-state index in [4.69, 9.17) is 18.6 Å². The molecule has 198 valence electrons. The Morgan fingerprint density at radius 2 is 1.11 bits per heavy atom. The van der Waals surface area contributed by atoms with E-state index < -0.39 is 37.1 Å². The molecule has 5 rings (SSSR count). The molecule has 2 amide bonds. The van der Waals surface area contributed by atoms with Crippen LogP contribution >= 0.6 is 0 Å². The fourth-order valence-corrected chi connectivity index (χ4v) is 4.69. The van der Waals surface area contributed by atoms with E-state index in [1.54, 1.807) is 18.2 Å². The monoisotopic (exact) mass is 520 g/mol. The zero-order valence-corrected chi connectivity index (χ0v) is 20.8. The zero-order valence-electron chi connectivity index (χ0n) is 20.8. The molecule has 0 saturated carbocycles. The Bertz CT molecular complexity index is 1040. The van der Waals surface area contributed by atoms with Gasteiger partial charge in [-0.05, 0) is 18.2 Å². The number of allylic oxidation sites excluding steroid dienone is 8. The van der Waals surface area contributed by atoms with Crippen molar-refractivity contribution in [2.24, 2.45) is 0 Å². The summed E-state index contributed by atoms with van der Waals surface area (Å²) in [7, 11) is -0.969. The van der Waals surface area contributed by atoms with E-state index in [9.17, 15) is 19.8 Å². The van der Waals surface area contributed by atoms with E-state index in [0.29, 0.717) is 0 Å². The Hall–Kier alpha value is -2.99. The van der Waals surface area contributed by atoms with Gasteiger partial charge in [0.15, 0.2) is 0 Å². The van der Waals surface area contributed by atoms with Gasteiger partial charge in [-0.3, -0.25) is 9.59 Å². The van der Waals surface area contributed by atoms with Gasteiger partial charge >= 0.3 is 14.2 Å². The Morgan fingerprint density at radius 3 is 1.45 bits per heavy atom. The molecular weight excluding hydrogens is 490 g/mol. The topological polar surface area (TPSA) is 136 Å². The summed E-state index contributed by atoms with van der Waals surface area (Å²) in [6, 6.07) is 6.18. The number of hydrogen-bond acceptors (Lipinski definition) is 8. The van der Waals surface area contributed by atoms with Gasteiger partial charge < -0.3 is 39.5 Å². The van der Waals surface area contributed by atoms with E-state index in [1.165, 1.54) is 6.07 Å². The number of hydrogen-bond donors (Lipinski definition) is 4. The van der Waals surface area contributed by atoms with Crippen molar-refractivity contribution < 1.29 is 38.4 Å². The summed E-state index contributed by atoms with van der Waals surface area (Å²) in [6.45, 7) is -0.465. The van der Waals surface area contributed by atoms with E-state index >= 15 is 0 Å². The van der Waals surface area contributed by atoms with Crippen molar-refractivity contribution in [3.63, 3.8) is 0 Å². The number of aliphatic hydroxyl groups is 2. The van der Waals surface area contributed by atoms with Gasteiger partial charge in [0.1, 0.15) is 11.1 Å². The normalized spacial score (nSPS) is 22.3. The van der Waals surface area contributed by atoms with E-state index in [2.05, 4.69) is 10.6 Å². The quantitative estimate of drug-likeness (QED) is 0.368. The molecule has 1 aromatic rings. The fourth-order valence-electron chi connectivity index (χ4n) is 4.69. The van der Waals surface area contributed by atoms with E-state index in [0.717, 1.165) is 0 Å². The second-order valence-corrected chi connectivity index (χ2v) is 10.0. The Morgan fingerprint density at radius 1 is 0.737 bits per heavy atom. The highest BCUT2D eigenvalue weighted by atomic mass is 16.6. The van der Waals surface area contributed by atoms with Gasteiger partial charge in [0.2, 0.25) is 0 Å². The first-order valence-corrected chi connectivity index (χ1v) is 12.6. The third-order valence-electron chi connectivity index (χ3n) is 7.03. The van der Waals surface area contributed by atoms with Crippen molar-refractivity contribution in [1.82, 2.24) is 10.6 Å². The van der Waals surface area contributed by atoms with Gasteiger partial charge in [-0.15, -0.1) is 0 Å². The average molecular weight is 520 g/mol. The highest BCUT2D eigenvalue weighted by molar-refractivity contribution is 6.48. The molecule has 1 aromatic carbocycles. The third-order valence-corrected chi connectivity index (χ3v) is 7.03. The van der Waals surface area contributed by atoms with Crippen LogP contribution in [0.2, 0.25) is 11.6 Å². The minimum absolute atomic E-state index is 0.0120. The minimum atomic E-state index is -1.12. The molecule has 0 bridgehead atoms. The maximum absolute atomic E-state index is 13.1. The highest BCUT2D eigenvalue weighted by Gasteiger charge is 2.44. The first-order valence-electron chi connectivity index (χ1n) is 12.6. The summed E-state index contributed by atoms with van der Waals surface area (Å²) in [4.78, 5) is 26.2. The molecule has 2 aliphatic heterocycles. The maximum Gasteiger partial charge on any atom is 0.468 e. The molecule has 0 radical (unpaired) electrons.